The number of pyridine rings is 1. The van der Waals surface area contributed by atoms with E-state index in [1.165, 1.54) is 12.0 Å². The highest BCUT2D eigenvalue weighted by molar-refractivity contribution is 5.93. The minimum atomic E-state index is -0.944. The highest BCUT2D eigenvalue weighted by Crippen LogP contribution is 2.37. The first-order valence-electron chi connectivity index (χ1n) is 12.7. The summed E-state index contributed by atoms with van der Waals surface area (Å²) in [5, 5.41) is 18.6. The molecule has 3 aromatic heterocycles. The van der Waals surface area contributed by atoms with Crippen LogP contribution in [0, 0.1) is 12.7 Å². The molecule has 0 saturated carbocycles. The van der Waals surface area contributed by atoms with E-state index < -0.39 is 6.09 Å². The number of carboxylic acid groups (broad SMARTS) is 1. The number of benzene rings is 2. The van der Waals surface area contributed by atoms with Gasteiger partial charge in [-0.05, 0) is 36.2 Å². The van der Waals surface area contributed by atoms with E-state index in [4.69, 9.17) is 19.6 Å². The fourth-order valence-corrected chi connectivity index (χ4v) is 4.91. The molecule has 11 heteroatoms. The fraction of sp³-hybridized carbons (Fsp3) is 0.241. The van der Waals surface area contributed by atoms with Gasteiger partial charge in [0.15, 0.2) is 0 Å². The third-order valence-electron chi connectivity index (χ3n) is 7.23. The smallest absolute Gasteiger partial charge is 0.407 e. The van der Waals surface area contributed by atoms with Crippen LogP contribution in [0.5, 0.6) is 11.5 Å². The van der Waals surface area contributed by atoms with Crippen molar-refractivity contribution in [2.24, 2.45) is 0 Å². The minimum absolute atomic E-state index is 0.0532. The molecule has 5 aromatic rings. The van der Waals surface area contributed by atoms with Crippen LogP contribution in [0.3, 0.4) is 0 Å². The van der Waals surface area contributed by atoms with E-state index in [0.29, 0.717) is 58.9 Å². The van der Waals surface area contributed by atoms with Crippen LogP contribution >= 0.6 is 0 Å². The number of methoxy groups -OCH3 is 2. The number of fused-ring (bicyclic) bond motifs is 1. The van der Waals surface area contributed by atoms with E-state index in [1.807, 2.05) is 41.2 Å². The number of aromatic nitrogens is 5. The molecule has 1 aliphatic rings. The summed E-state index contributed by atoms with van der Waals surface area (Å²) < 4.78 is 29.8. The number of hydrogen-bond acceptors (Lipinski definition) is 6. The average Bonchev–Trinajstić information content (AvgIpc) is 3.54. The number of halogens is 1. The molecule has 0 aliphatic carbocycles. The first-order chi connectivity index (χ1) is 19.4. The van der Waals surface area contributed by atoms with Crippen molar-refractivity contribution in [2.45, 2.75) is 19.5 Å². The lowest BCUT2D eigenvalue weighted by Gasteiger charge is -2.36. The van der Waals surface area contributed by atoms with Crippen LogP contribution in [0.1, 0.15) is 17.2 Å². The van der Waals surface area contributed by atoms with Gasteiger partial charge in [0.05, 0.1) is 38.5 Å². The SMILES string of the molecule is COc1ccc(Cn2nc(-c3cnn(C4CN(C(=O)O)C4)c3)c3nc(-c4cccc(C)c4F)c(OC)cc32)cc1. The zero-order valence-electron chi connectivity index (χ0n) is 22.2. The third kappa shape index (κ3) is 4.39. The maximum absolute atomic E-state index is 15.2. The Morgan fingerprint density at radius 1 is 1.10 bits per heavy atom. The van der Waals surface area contributed by atoms with Gasteiger partial charge >= 0.3 is 6.09 Å². The van der Waals surface area contributed by atoms with Crippen molar-refractivity contribution in [3.63, 3.8) is 0 Å². The number of hydrogen-bond donors (Lipinski definition) is 1. The molecule has 1 N–H and O–H groups in total. The summed E-state index contributed by atoms with van der Waals surface area (Å²) in [6, 6.07) is 14.7. The van der Waals surface area contributed by atoms with Crippen LogP contribution in [0.25, 0.3) is 33.5 Å². The molecule has 1 saturated heterocycles. The number of rotatable bonds is 7. The Balaban J connectivity index is 1.48. The number of amides is 1. The highest BCUT2D eigenvalue weighted by atomic mass is 19.1. The van der Waals surface area contributed by atoms with Crippen molar-refractivity contribution >= 4 is 17.1 Å². The van der Waals surface area contributed by atoms with Gasteiger partial charge in [-0.1, -0.05) is 24.3 Å². The molecular formula is C29H27FN6O4. The number of carbonyl (C=O) groups is 1. The van der Waals surface area contributed by atoms with Gasteiger partial charge < -0.3 is 19.5 Å². The van der Waals surface area contributed by atoms with Crippen LogP contribution in [-0.2, 0) is 6.54 Å². The maximum atomic E-state index is 15.2. The summed E-state index contributed by atoms with van der Waals surface area (Å²) in [6.45, 7) is 2.90. The molecule has 2 aromatic carbocycles. The molecule has 10 nitrogen and oxygen atoms in total. The molecule has 0 radical (unpaired) electrons. The zero-order valence-corrected chi connectivity index (χ0v) is 22.2. The second kappa shape index (κ2) is 9.99. The van der Waals surface area contributed by atoms with Crippen LogP contribution in [0.4, 0.5) is 9.18 Å². The van der Waals surface area contributed by atoms with Crippen molar-refractivity contribution < 1.29 is 23.8 Å². The van der Waals surface area contributed by atoms with Gasteiger partial charge in [0.1, 0.15) is 34.2 Å². The van der Waals surface area contributed by atoms with Crippen LogP contribution in [0.15, 0.2) is 60.9 Å². The lowest BCUT2D eigenvalue weighted by Crippen LogP contribution is -2.50. The van der Waals surface area contributed by atoms with Crippen molar-refractivity contribution in [3.8, 4) is 34.0 Å². The van der Waals surface area contributed by atoms with Crippen LogP contribution in [-0.4, -0.2) is 68.0 Å². The topological polar surface area (TPSA) is 108 Å². The van der Waals surface area contributed by atoms with Crippen molar-refractivity contribution in [1.29, 1.82) is 0 Å². The molecule has 1 amide bonds. The molecule has 4 heterocycles. The molecular weight excluding hydrogens is 515 g/mol. The molecule has 0 unspecified atom stereocenters. The van der Waals surface area contributed by atoms with E-state index in [9.17, 15) is 9.90 Å². The number of likely N-dealkylation sites (tertiary alicyclic amines) is 1. The van der Waals surface area contributed by atoms with E-state index in [-0.39, 0.29) is 11.9 Å². The predicted octanol–water partition coefficient (Wildman–Crippen LogP) is 5.01. The summed E-state index contributed by atoms with van der Waals surface area (Å²) in [7, 11) is 3.16. The molecule has 1 aliphatic heterocycles. The Hall–Kier alpha value is -4.93. The first-order valence-corrected chi connectivity index (χ1v) is 12.7. The van der Waals surface area contributed by atoms with E-state index in [1.54, 1.807) is 43.1 Å². The number of aryl methyl sites for hydroxylation is 1. The van der Waals surface area contributed by atoms with Crippen LogP contribution < -0.4 is 9.47 Å². The van der Waals surface area contributed by atoms with Gasteiger partial charge in [0.25, 0.3) is 0 Å². The second-order valence-corrected chi connectivity index (χ2v) is 9.75. The lowest BCUT2D eigenvalue weighted by molar-refractivity contribution is 0.0812. The van der Waals surface area contributed by atoms with Gasteiger partial charge in [-0.3, -0.25) is 9.36 Å². The number of ether oxygens (including phenoxy) is 2. The second-order valence-electron chi connectivity index (χ2n) is 9.75. The highest BCUT2D eigenvalue weighted by Gasteiger charge is 2.32. The minimum Gasteiger partial charge on any atom is -0.497 e. The van der Waals surface area contributed by atoms with Gasteiger partial charge in [0.2, 0.25) is 0 Å². The third-order valence-corrected chi connectivity index (χ3v) is 7.23. The fourth-order valence-electron chi connectivity index (χ4n) is 4.91. The zero-order chi connectivity index (χ0) is 28.0. The molecule has 0 atom stereocenters. The summed E-state index contributed by atoms with van der Waals surface area (Å²) in [5.41, 5.74) is 4.83. The molecule has 6 rings (SSSR count). The Kier molecular flexibility index (Phi) is 6.33. The van der Waals surface area contributed by atoms with E-state index >= 15 is 4.39 Å². The Labute approximate surface area is 229 Å². The monoisotopic (exact) mass is 542 g/mol. The molecule has 40 heavy (non-hydrogen) atoms. The maximum Gasteiger partial charge on any atom is 0.407 e. The van der Waals surface area contributed by atoms with E-state index in [2.05, 4.69) is 5.10 Å². The predicted molar refractivity (Wildman–Crippen MR) is 146 cm³/mol. The summed E-state index contributed by atoms with van der Waals surface area (Å²) in [4.78, 5) is 17.4. The van der Waals surface area contributed by atoms with Gasteiger partial charge in [0, 0.05) is 36.5 Å². The quantitative estimate of drug-likeness (QED) is 0.308. The molecule has 0 bridgehead atoms. The molecule has 204 valence electrons. The normalized spacial score (nSPS) is 13.4. The Bertz CT molecular complexity index is 1720. The lowest BCUT2D eigenvalue weighted by atomic mass is 10.1. The largest absolute Gasteiger partial charge is 0.497 e. The summed E-state index contributed by atoms with van der Waals surface area (Å²) >= 11 is 0. The molecule has 0 spiro atoms. The standard InChI is InChI=1S/C29H27FN6O4/c1-17-5-4-6-22(25(17)30)27-24(40-3)11-23-28(32-27)26(33-36(23)13-18-7-9-21(39-2)10-8-18)19-12-31-35(14-19)20-15-34(16-20)29(37)38/h4-12,14,20H,13,15-16H2,1-3H3,(H,37,38). The Morgan fingerprint density at radius 3 is 2.58 bits per heavy atom. The van der Waals surface area contributed by atoms with Gasteiger partial charge in [-0.25, -0.2) is 14.2 Å². The average molecular weight is 543 g/mol. The van der Waals surface area contributed by atoms with Gasteiger partial charge in [-0.2, -0.15) is 10.2 Å². The Morgan fingerprint density at radius 2 is 1.88 bits per heavy atom. The van der Waals surface area contributed by atoms with E-state index in [0.717, 1.165) is 16.9 Å². The van der Waals surface area contributed by atoms with Crippen LogP contribution in [0.2, 0.25) is 0 Å². The summed E-state index contributed by atoms with van der Waals surface area (Å²) in [5.74, 6) is 0.826. The van der Waals surface area contributed by atoms with Crippen molar-refractivity contribution in [3.05, 3.63) is 77.9 Å². The summed E-state index contributed by atoms with van der Waals surface area (Å²) in [6.07, 6.45) is 2.60. The number of nitrogens with zero attached hydrogens (tertiary/aromatic N) is 6. The van der Waals surface area contributed by atoms with Crippen molar-refractivity contribution in [2.75, 3.05) is 27.3 Å². The van der Waals surface area contributed by atoms with Gasteiger partial charge in [-0.15, -0.1) is 0 Å². The van der Waals surface area contributed by atoms with Crippen molar-refractivity contribution in [1.82, 2.24) is 29.4 Å². The molecule has 1 fully saturated rings. The first kappa shape index (κ1) is 25.4.